The molecule has 1 heterocycles. The molecule has 0 saturated heterocycles. The molecule has 1 aromatic heterocycles. The van der Waals surface area contributed by atoms with Crippen molar-refractivity contribution in [3.63, 3.8) is 0 Å². The first-order chi connectivity index (χ1) is 11.6. The maximum absolute atomic E-state index is 6.02. The minimum atomic E-state index is 0. The highest BCUT2D eigenvalue weighted by Crippen LogP contribution is 2.23. The number of nitrogens with zero attached hydrogens (tertiary/aromatic N) is 3. The normalized spacial score (nSPS) is 9.68. The van der Waals surface area contributed by atoms with E-state index in [-0.39, 0.29) is 12.4 Å². The van der Waals surface area contributed by atoms with E-state index in [0.717, 1.165) is 18.5 Å². The molecule has 0 spiro atoms. The lowest BCUT2D eigenvalue weighted by atomic mass is 10.2. The molecular formula is C16H19Cl3N6. The zero-order valence-corrected chi connectivity index (χ0v) is 16.0. The summed E-state index contributed by atoms with van der Waals surface area (Å²) in [7, 11) is 0. The highest BCUT2D eigenvalue weighted by molar-refractivity contribution is 6.42. The first kappa shape index (κ1) is 21.1. The van der Waals surface area contributed by atoms with Crippen LogP contribution in [0, 0.1) is 12.3 Å². The number of rotatable bonds is 8. The summed E-state index contributed by atoms with van der Waals surface area (Å²) < 4.78 is 0. The molecule has 134 valence electrons. The second kappa shape index (κ2) is 10.8. The van der Waals surface area contributed by atoms with Crippen LogP contribution in [0.15, 0.2) is 18.2 Å². The first-order valence-electron chi connectivity index (χ1n) is 7.47. The van der Waals surface area contributed by atoms with Crippen LogP contribution in [0.4, 0.5) is 17.8 Å². The van der Waals surface area contributed by atoms with Crippen LogP contribution < -0.4 is 16.0 Å². The number of anilines is 3. The standard InChI is InChI=1S/C16H18Cl2N6.ClH/c1-3-7-19-14-22-15(20-8-4-2)24-16(23-14)21-10-11-5-6-12(17)13(18)9-11;/h1,5-6,9H,4,7-8,10H2,2H3,(H3,19,20,21,22,23,24);1H. The van der Waals surface area contributed by atoms with Crippen molar-refractivity contribution in [3.8, 4) is 12.3 Å². The van der Waals surface area contributed by atoms with E-state index in [2.05, 4.69) is 43.7 Å². The highest BCUT2D eigenvalue weighted by Gasteiger charge is 2.06. The SMILES string of the molecule is C#CCNc1nc(NCCC)nc(NCc2ccc(Cl)c(Cl)c2)n1.Cl. The average Bonchev–Trinajstić information content (AvgIpc) is 2.59. The van der Waals surface area contributed by atoms with E-state index in [1.807, 2.05) is 6.07 Å². The van der Waals surface area contributed by atoms with E-state index in [1.165, 1.54) is 0 Å². The Balaban J connectivity index is 0.00000312. The van der Waals surface area contributed by atoms with Gasteiger partial charge in [0, 0.05) is 13.1 Å². The highest BCUT2D eigenvalue weighted by atomic mass is 35.5. The van der Waals surface area contributed by atoms with Crippen LogP contribution in [-0.4, -0.2) is 28.0 Å². The van der Waals surface area contributed by atoms with Gasteiger partial charge in [-0.3, -0.25) is 0 Å². The number of hydrogen-bond donors (Lipinski definition) is 3. The number of hydrogen-bond acceptors (Lipinski definition) is 6. The topological polar surface area (TPSA) is 74.8 Å². The molecule has 0 aliphatic carbocycles. The largest absolute Gasteiger partial charge is 0.354 e. The molecule has 0 unspecified atom stereocenters. The van der Waals surface area contributed by atoms with E-state index in [9.17, 15) is 0 Å². The molecule has 0 radical (unpaired) electrons. The number of nitrogens with one attached hydrogen (secondary N) is 3. The van der Waals surface area contributed by atoms with Crippen molar-refractivity contribution in [2.24, 2.45) is 0 Å². The van der Waals surface area contributed by atoms with Gasteiger partial charge in [0.05, 0.1) is 16.6 Å². The maximum atomic E-state index is 6.02. The van der Waals surface area contributed by atoms with Crippen LogP contribution in [0.2, 0.25) is 10.0 Å². The van der Waals surface area contributed by atoms with Gasteiger partial charge < -0.3 is 16.0 Å². The molecule has 0 bridgehead atoms. The van der Waals surface area contributed by atoms with Crippen LogP contribution >= 0.6 is 35.6 Å². The maximum Gasteiger partial charge on any atom is 0.230 e. The van der Waals surface area contributed by atoms with Gasteiger partial charge in [0.25, 0.3) is 0 Å². The van der Waals surface area contributed by atoms with Crippen molar-refractivity contribution < 1.29 is 0 Å². The lowest BCUT2D eigenvalue weighted by Crippen LogP contribution is -2.13. The summed E-state index contributed by atoms with van der Waals surface area (Å²) >= 11 is 11.9. The molecule has 0 aliphatic rings. The Kier molecular flexibility index (Phi) is 9.14. The van der Waals surface area contributed by atoms with E-state index >= 15 is 0 Å². The van der Waals surface area contributed by atoms with Crippen LogP contribution in [0.1, 0.15) is 18.9 Å². The van der Waals surface area contributed by atoms with E-state index in [4.69, 9.17) is 29.6 Å². The number of halogens is 3. The van der Waals surface area contributed by atoms with Gasteiger partial charge in [-0.2, -0.15) is 15.0 Å². The predicted octanol–water partition coefficient (Wildman–Crippen LogP) is 4.08. The minimum Gasteiger partial charge on any atom is -0.354 e. The minimum absolute atomic E-state index is 0. The lowest BCUT2D eigenvalue weighted by Gasteiger charge is -2.10. The van der Waals surface area contributed by atoms with Crippen molar-refractivity contribution in [1.82, 2.24) is 15.0 Å². The van der Waals surface area contributed by atoms with Crippen molar-refractivity contribution >= 4 is 53.5 Å². The smallest absolute Gasteiger partial charge is 0.230 e. The Labute approximate surface area is 163 Å². The lowest BCUT2D eigenvalue weighted by molar-refractivity contribution is 0.932. The molecular weight excluding hydrogens is 383 g/mol. The monoisotopic (exact) mass is 400 g/mol. The molecule has 2 rings (SSSR count). The summed E-state index contributed by atoms with van der Waals surface area (Å²) in [6, 6.07) is 5.43. The Hall–Kier alpha value is -1.94. The summed E-state index contributed by atoms with van der Waals surface area (Å²) in [6.45, 7) is 3.67. The fourth-order valence-electron chi connectivity index (χ4n) is 1.81. The van der Waals surface area contributed by atoms with Gasteiger partial charge in [0.2, 0.25) is 17.8 Å². The van der Waals surface area contributed by atoms with Gasteiger partial charge in [-0.15, -0.1) is 18.8 Å². The van der Waals surface area contributed by atoms with Crippen molar-refractivity contribution in [2.45, 2.75) is 19.9 Å². The fraction of sp³-hybridized carbons (Fsp3) is 0.312. The molecule has 1 aromatic carbocycles. The summed E-state index contributed by atoms with van der Waals surface area (Å²) in [5.41, 5.74) is 0.964. The summed E-state index contributed by atoms with van der Waals surface area (Å²) in [4.78, 5) is 12.9. The fourth-order valence-corrected chi connectivity index (χ4v) is 2.13. The van der Waals surface area contributed by atoms with Crippen molar-refractivity contribution in [2.75, 3.05) is 29.0 Å². The molecule has 3 N–H and O–H groups in total. The Morgan fingerprint density at radius 2 is 1.64 bits per heavy atom. The summed E-state index contributed by atoms with van der Waals surface area (Å²) in [6.07, 6.45) is 6.22. The number of benzene rings is 1. The van der Waals surface area contributed by atoms with Gasteiger partial charge in [0.1, 0.15) is 0 Å². The second-order valence-corrected chi connectivity index (χ2v) is 5.71. The molecule has 0 amide bonds. The summed E-state index contributed by atoms with van der Waals surface area (Å²) in [5, 5.41) is 10.3. The second-order valence-electron chi connectivity index (χ2n) is 4.89. The number of terminal acetylenes is 1. The predicted molar refractivity (Wildman–Crippen MR) is 107 cm³/mol. The van der Waals surface area contributed by atoms with Crippen molar-refractivity contribution in [3.05, 3.63) is 33.8 Å². The molecule has 0 aliphatic heterocycles. The van der Waals surface area contributed by atoms with Crippen LogP contribution in [0.25, 0.3) is 0 Å². The van der Waals surface area contributed by atoms with E-state index < -0.39 is 0 Å². The Morgan fingerprint density at radius 3 is 2.24 bits per heavy atom. The molecule has 0 atom stereocenters. The average molecular weight is 402 g/mol. The molecule has 25 heavy (non-hydrogen) atoms. The van der Waals surface area contributed by atoms with Crippen LogP contribution in [0.5, 0.6) is 0 Å². The van der Waals surface area contributed by atoms with Gasteiger partial charge in [-0.25, -0.2) is 0 Å². The summed E-state index contributed by atoms with van der Waals surface area (Å²) in [5.74, 6) is 3.83. The first-order valence-corrected chi connectivity index (χ1v) is 8.23. The number of aromatic nitrogens is 3. The van der Waals surface area contributed by atoms with Gasteiger partial charge >= 0.3 is 0 Å². The zero-order chi connectivity index (χ0) is 17.4. The molecule has 2 aromatic rings. The van der Waals surface area contributed by atoms with E-state index in [1.54, 1.807) is 12.1 Å². The molecule has 0 saturated carbocycles. The Morgan fingerprint density at radius 1 is 1.00 bits per heavy atom. The third-order valence-electron chi connectivity index (χ3n) is 2.95. The third-order valence-corrected chi connectivity index (χ3v) is 3.69. The van der Waals surface area contributed by atoms with Gasteiger partial charge in [-0.1, -0.05) is 42.1 Å². The van der Waals surface area contributed by atoms with Crippen LogP contribution in [-0.2, 0) is 6.54 Å². The van der Waals surface area contributed by atoms with Gasteiger partial charge in [0.15, 0.2) is 0 Å². The Bertz CT molecular complexity index is 732. The molecule has 6 nitrogen and oxygen atoms in total. The quantitative estimate of drug-likeness (QED) is 0.579. The van der Waals surface area contributed by atoms with Crippen molar-refractivity contribution in [1.29, 1.82) is 0 Å². The van der Waals surface area contributed by atoms with E-state index in [0.29, 0.717) is 41.0 Å². The van der Waals surface area contributed by atoms with Crippen LogP contribution in [0.3, 0.4) is 0 Å². The zero-order valence-electron chi connectivity index (χ0n) is 13.6. The van der Waals surface area contributed by atoms with Gasteiger partial charge in [-0.05, 0) is 24.1 Å². The third kappa shape index (κ3) is 6.83. The molecule has 9 heteroatoms. The molecule has 0 fully saturated rings.